The molecule has 1 aliphatic heterocycles. The molecule has 0 radical (unpaired) electrons. The molecular weight excluding hydrogens is 376 g/mol. The zero-order valence-electron chi connectivity index (χ0n) is 16.7. The van der Waals surface area contributed by atoms with E-state index in [1.165, 1.54) is 0 Å². The van der Waals surface area contributed by atoms with Crippen molar-refractivity contribution in [2.75, 3.05) is 6.54 Å². The standard InChI is InChI=1S/C23H22N6O/c1-28-13-18(21(27-28)16-6-3-2-4-7-16)14-29-11-9-20-19(15-29)23(30)26-22(25-20)17-8-5-10-24-12-17/h2-8,10,12-13H,9,11,14-15H2,1H3,(H,25,26,30). The van der Waals surface area contributed by atoms with E-state index in [1.807, 2.05) is 42.1 Å². The first-order valence-corrected chi connectivity index (χ1v) is 10.00. The van der Waals surface area contributed by atoms with E-state index < -0.39 is 0 Å². The van der Waals surface area contributed by atoms with Crippen molar-refractivity contribution < 1.29 is 0 Å². The number of nitrogens with one attached hydrogen (secondary N) is 1. The first-order chi connectivity index (χ1) is 14.7. The van der Waals surface area contributed by atoms with E-state index in [0.29, 0.717) is 12.4 Å². The summed E-state index contributed by atoms with van der Waals surface area (Å²) in [4.78, 5) is 26.8. The van der Waals surface area contributed by atoms with Gasteiger partial charge in [-0.25, -0.2) is 4.98 Å². The van der Waals surface area contributed by atoms with E-state index in [0.717, 1.165) is 53.2 Å². The van der Waals surface area contributed by atoms with Crippen molar-refractivity contribution in [2.45, 2.75) is 19.5 Å². The smallest absolute Gasteiger partial charge is 0.255 e. The van der Waals surface area contributed by atoms with E-state index in [9.17, 15) is 4.79 Å². The molecule has 1 N–H and O–H groups in total. The van der Waals surface area contributed by atoms with Crippen molar-refractivity contribution in [3.05, 3.63) is 88.2 Å². The van der Waals surface area contributed by atoms with Crippen molar-refractivity contribution in [2.24, 2.45) is 7.05 Å². The molecule has 0 bridgehead atoms. The summed E-state index contributed by atoms with van der Waals surface area (Å²) in [6.07, 6.45) is 6.23. The molecule has 7 nitrogen and oxygen atoms in total. The molecule has 0 aliphatic carbocycles. The van der Waals surface area contributed by atoms with Gasteiger partial charge in [0.15, 0.2) is 0 Å². The Labute approximate surface area is 174 Å². The average Bonchev–Trinajstić information content (AvgIpc) is 3.15. The van der Waals surface area contributed by atoms with Gasteiger partial charge >= 0.3 is 0 Å². The van der Waals surface area contributed by atoms with Crippen LogP contribution in [0.3, 0.4) is 0 Å². The van der Waals surface area contributed by atoms with Crippen LogP contribution in [0.25, 0.3) is 22.6 Å². The number of aromatic nitrogens is 5. The van der Waals surface area contributed by atoms with Crippen LogP contribution in [0.15, 0.2) is 65.8 Å². The Hall–Kier alpha value is -3.58. The maximum Gasteiger partial charge on any atom is 0.255 e. The number of benzene rings is 1. The topological polar surface area (TPSA) is 79.7 Å². The monoisotopic (exact) mass is 398 g/mol. The van der Waals surface area contributed by atoms with Gasteiger partial charge in [0.25, 0.3) is 5.56 Å². The third-order valence-corrected chi connectivity index (χ3v) is 5.43. The summed E-state index contributed by atoms with van der Waals surface area (Å²) in [5.41, 5.74) is 5.63. The molecule has 5 rings (SSSR count). The fraction of sp³-hybridized carbons (Fsp3) is 0.217. The van der Waals surface area contributed by atoms with Gasteiger partial charge in [-0.15, -0.1) is 0 Å². The Bertz CT molecular complexity index is 1230. The summed E-state index contributed by atoms with van der Waals surface area (Å²) in [7, 11) is 1.94. The van der Waals surface area contributed by atoms with Crippen LogP contribution in [-0.4, -0.2) is 36.2 Å². The van der Waals surface area contributed by atoms with Gasteiger partial charge in [0, 0.05) is 68.4 Å². The van der Waals surface area contributed by atoms with Gasteiger partial charge < -0.3 is 4.98 Å². The minimum absolute atomic E-state index is 0.0713. The maximum absolute atomic E-state index is 12.8. The number of H-pyrrole nitrogens is 1. The first kappa shape index (κ1) is 18.4. The number of rotatable bonds is 4. The Morgan fingerprint density at radius 3 is 2.73 bits per heavy atom. The molecule has 0 spiro atoms. The minimum atomic E-state index is -0.0713. The maximum atomic E-state index is 12.8. The summed E-state index contributed by atoms with van der Waals surface area (Å²) >= 11 is 0. The van der Waals surface area contributed by atoms with Gasteiger partial charge in [-0.3, -0.25) is 19.4 Å². The highest BCUT2D eigenvalue weighted by molar-refractivity contribution is 5.62. The van der Waals surface area contributed by atoms with E-state index in [1.54, 1.807) is 12.4 Å². The number of fused-ring (bicyclic) bond motifs is 1. The molecule has 0 amide bonds. The molecule has 1 aromatic carbocycles. The summed E-state index contributed by atoms with van der Waals surface area (Å²) in [6.45, 7) is 2.16. The van der Waals surface area contributed by atoms with Crippen molar-refractivity contribution in [1.82, 2.24) is 29.6 Å². The lowest BCUT2D eigenvalue weighted by molar-refractivity contribution is 0.242. The lowest BCUT2D eigenvalue weighted by Crippen LogP contribution is -2.35. The predicted octanol–water partition coefficient (Wildman–Crippen LogP) is 2.79. The molecule has 0 saturated heterocycles. The first-order valence-electron chi connectivity index (χ1n) is 10.00. The van der Waals surface area contributed by atoms with E-state index in [4.69, 9.17) is 4.98 Å². The van der Waals surface area contributed by atoms with Gasteiger partial charge in [-0.2, -0.15) is 5.10 Å². The predicted molar refractivity (Wildman–Crippen MR) is 115 cm³/mol. The highest BCUT2D eigenvalue weighted by Gasteiger charge is 2.23. The molecule has 3 aromatic heterocycles. The molecule has 0 fully saturated rings. The number of aromatic amines is 1. The van der Waals surface area contributed by atoms with Crippen LogP contribution in [0, 0.1) is 0 Å². The van der Waals surface area contributed by atoms with Crippen LogP contribution in [-0.2, 0) is 26.6 Å². The molecular formula is C23H22N6O. The number of pyridine rings is 1. The zero-order chi connectivity index (χ0) is 20.5. The van der Waals surface area contributed by atoms with E-state index in [-0.39, 0.29) is 5.56 Å². The highest BCUT2D eigenvalue weighted by Crippen LogP contribution is 2.25. The molecule has 150 valence electrons. The number of hydrogen-bond donors (Lipinski definition) is 1. The zero-order valence-corrected chi connectivity index (χ0v) is 16.7. The van der Waals surface area contributed by atoms with Gasteiger partial charge in [0.05, 0.1) is 17.0 Å². The van der Waals surface area contributed by atoms with Crippen LogP contribution in [0.5, 0.6) is 0 Å². The molecule has 4 aromatic rings. The number of aryl methyl sites for hydroxylation is 1. The molecule has 30 heavy (non-hydrogen) atoms. The third-order valence-electron chi connectivity index (χ3n) is 5.43. The van der Waals surface area contributed by atoms with Crippen LogP contribution < -0.4 is 5.56 Å². The van der Waals surface area contributed by atoms with E-state index >= 15 is 0 Å². The second-order valence-corrected chi connectivity index (χ2v) is 7.58. The molecule has 4 heterocycles. The van der Waals surface area contributed by atoms with Crippen molar-refractivity contribution >= 4 is 0 Å². The summed E-state index contributed by atoms with van der Waals surface area (Å²) in [5, 5.41) is 4.66. The van der Waals surface area contributed by atoms with Crippen LogP contribution in [0.1, 0.15) is 16.8 Å². The van der Waals surface area contributed by atoms with Gasteiger partial charge in [-0.05, 0) is 12.1 Å². The highest BCUT2D eigenvalue weighted by atomic mass is 16.1. The van der Waals surface area contributed by atoms with Crippen LogP contribution in [0.4, 0.5) is 0 Å². The Kier molecular flexibility index (Phi) is 4.72. The SMILES string of the molecule is Cn1cc(CN2CCc3nc(-c4cccnc4)[nH]c(=O)c3C2)c(-c2ccccc2)n1. The molecule has 1 aliphatic rings. The Balaban J connectivity index is 1.41. The second-order valence-electron chi connectivity index (χ2n) is 7.58. The average molecular weight is 398 g/mol. The summed E-state index contributed by atoms with van der Waals surface area (Å²) in [6, 6.07) is 14.0. The van der Waals surface area contributed by atoms with Gasteiger partial charge in [0.2, 0.25) is 0 Å². The molecule has 7 heteroatoms. The third kappa shape index (κ3) is 3.55. The largest absolute Gasteiger partial charge is 0.306 e. The lowest BCUT2D eigenvalue weighted by atomic mass is 10.0. The normalized spacial score (nSPS) is 13.9. The molecule has 0 unspecified atom stereocenters. The number of hydrogen-bond acceptors (Lipinski definition) is 5. The van der Waals surface area contributed by atoms with Gasteiger partial charge in [0.1, 0.15) is 5.82 Å². The Morgan fingerprint density at radius 1 is 1.10 bits per heavy atom. The van der Waals surface area contributed by atoms with Crippen molar-refractivity contribution in [3.8, 4) is 22.6 Å². The summed E-state index contributed by atoms with van der Waals surface area (Å²) in [5.74, 6) is 0.582. The second kappa shape index (κ2) is 7.68. The van der Waals surface area contributed by atoms with Gasteiger partial charge in [-0.1, -0.05) is 30.3 Å². The summed E-state index contributed by atoms with van der Waals surface area (Å²) < 4.78 is 1.85. The van der Waals surface area contributed by atoms with Crippen molar-refractivity contribution in [1.29, 1.82) is 0 Å². The Morgan fingerprint density at radius 2 is 1.93 bits per heavy atom. The fourth-order valence-electron chi connectivity index (χ4n) is 3.99. The quantitative estimate of drug-likeness (QED) is 0.572. The fourth-order valence-corrected chi connectivity index (χ4v) is 3.99. The van der Waals surface area contributed by atoms with E-state index in [2.05, 4.69) is 38.3 Å². The minimum Gasteiger partial charge on any atom is -0.306 e. The van der Waals surface area contributed by atoms with Crippen LogP contribution in [0.2, 0.25) is 0 Å². The number of nitrogens with zero attached hydrogens (tertiary/aromatic N) is 5. The molecule has 0 saturated carbocycles. The lowest BCUT2D eigenvalue weighted by Gasteiger charge is -2.27. The van der Waals surface area contributed by atoms with Crippen molar-refractivity contribution in [3.63, 3.8) is 0 Å². The molecule has 0 atom stereocenters. The van der Waals surface area contributed by atoms with Crippen LogP contribution >= 0.6 is 0 Å².